The molecule has 1 unspecified atom stereocenters. The molecule has 1 aromatic rings. The quantitative estimate of drug-likeness (QED) is 0.832. The summed E-state index contributed by atoms with van der Waals surface area (Å²) in [6, 6.07) is 9.73. The van der Waals surface area contributed by atoms with Crippen LogP contribution in [0.1, 0.15) is 62.1 Å². The minimum atomic E-state index is 0.543. The average molecular weight is 283 g/mol. The van der Waals surface area contributed by atoms with Crippen molar-refractivity contribution in [2.45, 2.75) is 57.9 Å². The van der Waals surface area contributed by atoms with Crippen molar-refractivity contribution in [3.63, 3.8) is 0 Å². The predicted molar refractivity (Wildman–Crippen MR) is 88.2 cm³/mol. The minimum absolute atomic E-state index is 0.543. The summed E-state index contributed by atoms with van der Waals surface area (Å²) in [7, 11) is 2.14. The molecule has 1 nitrogen and oxygen atoms in total. The van der Waals surface area contributed by atoms with Crippen LogP contribution in [0.3, 0.4) is 0 Å². The Hall–Kier alpha value is -0.820. The third-order valence-electron chi connectivity index (χ3n) is 6.63. The van der Waals surface area contributed by atoms with Gasteiger partial charge in [-0.3, -0.25) is 0 Å². The van der Waals surface area contributed by atoms with Gasteiger partial charge in [-0.2, -0.15) is 0 Å². The van der Waals surface area contributed by atoms with Crippen LogP contribution in [-0.2, 0) is 0 Å². The molecular weight excluding hydrogens is 254 g/mol. The molecule has 1 aromatic carbocycles. The van der Waals surface area contributed by atoms with Crippen molar-refractivity contribution >= 4 is 0 Å². The van der Waals surface area contributed by atoms with E-state index >= 15 is 0 Å². The highest BCUT2D eigenvalue weighted by Gasteiger charge is 2.51. The van der Waals surface area contributed by atoms with Crippen LogP contribution in [0.5, 0.6) is 0 Å². The Morgan fingerprint density at radius 1 is 1.00 bits per heavy atom. The van der Waals surface area contributed by atoms with Crippen molar-refractivity contribution in [1.82, 2.24) is 5.32 Å². The smallest absolute Gasteiger partial charge is 0.0322 e. The standard InChI is InChI=1S/C20H29N/c1-14-3-5-18(6-4-14)19(21-2)13-20-10-15-7-16(11-20)9-17(8-15)12-20/h3-6,15-17,19,21H,7-13H2,1-2H3. The van der Waals surface area contributed by atoms with Crippen molar-refractivity contribution < 1.29 is 0 Å². The number of aryl methyl sites for hydroxylation is 1. The zero-order chi connectivity index (χ0) is 14.4. The summed E-state index contributed by atoms with van der Waals surface area (Å²) in [6.07, 6.45) is 10.6. The van der Waals surface area contributed by atoms with Gasteiger partial charge in [0.25, 0.3) is 0 Å². The molecule has 0 radical (unpaired) electrons. The Morgan fingerprint density at radius 2 is 1.52 bits per heavy atom. The maximum atomic E-state index is 3.61. The summed E-state index contributed by atoms with van der Waals surface area (Å²) in [5.41, 5.74) is 3.51. The Kier molecular flexibility index (Phi) is 3.37. The number of hydrogen-bond donors (Lipinski definition) is 1. The van der Waals surface area contributed by atoms with Gasteiger partial charge >= 0.3 is 0 Å². The maximum Gasteiger partial charge on any atom is 0.0322 e. The summed E-state index contributed by atoms with van der Waals surface area (Å²) >= 11 is 0. The molecule has 1 atom stereocenters. The third kappa shape index (κ3) is 2.54. The number of rotatable bonds is 4. The minimum Gasteiger partial charge on any atom is -0.313 e. The van der Waals surface area contributed by atoms with Crippen molar-refractivity contribution in [3.8, 4) is 0 Å². The zero-order valence-corrected chi connectivity index (χ0v) is 13.6. The van der Waals surface area contributed by atoms with Crippen molar-refractivity contribution in [2.75, 3.05) is 7.05 Å². The molecule has 1 heteroatoms. The summed E-state index contributed by atoms with van der Waals surface area (Å²) < 4.78 is 0. The molecular formula is C20H29N. The van der Waals surface area contributed by atoms with E-state index in [2.05, 4.69) is 43.6 Å². The monoisotopic (exact) mass is 283 g/mol. The number of benzene rings is 1. The molecule has 1 N–H and O–H groups in total. The molecule has 5 rings (SSSR count). The van der Waals surface area contributed by atoms with Gasteiger partial charge in [0.2, 0.25) is 0 Å². The lowest BCUT2D eigenvalue weighted by Gasteiger charge is -2.57. The molecule has 4 aliphatic carbocycles. The van der Waals surface area contributed by atoms with Crippen LogP contribution in [-0.4, -0.2) is 7.05 Å². The molecule has 4 aliphatic rings. The van der Waals surface area contributed by atoms with Gasteiger partial charge in [-0.25, -0.2) is 0 Å². The maximum absolute atomic E-state index is 3.61. The van der Waals surface area contributed by atoms with Gasteiger partial charge in [-0.1, -0.05) is 29.8 Å². The fourth-order valence-corrected chi connectivity index (χ4v) is 6.16. The van der Waals surface area contributed by atoms with Crippen LogP contribution in [0.4, 0.5) is 0 Å². The van der Waals surface area contributed by atoms with Gasteiger partial charge in [-0.05, 0) is 87.6 Å². The second kappa shape index (κ2) is 5.12. The van der Waals surface area contributed by atoms with Crippen LogP contribution >= 0.6 is 0 Å². The molecule has 0 spiro atoms. The summed E-state index contributed by atoms with van der Waals surface area (Å²) in [5, 5.41) is 3.61. The zero-order valence-electron chi connectivity index (χ0n) is 13.6. The topological polar surface area (TPSA) is 12.0 Å². The predicted octanol–water partition coefficient (Wildman–Crippen LogP) is 4.86. The van der Waals surface area contributed by atoms with Crippen LogP contribution in [0.15, 0.2) is 24.3 Å². The van der Waals surface area contributed by atoms with Gasteiger partial charge in [0.05, 0.1) is 0 Å². The van der Waals surface area contributed by atoms with Gasteiger partial charge in [0, 0.05) is 6.04 Å². The van der Waals surface area contributed by atoms with Crippen molar-refractivity contribution in [3.05, 3.63) is 35.4 Å². The second-order valence-electron chi connectivity index (χ2n) is 8.37. The largest absolute Gasteiger partial charge is 0.313 e. The Labute approximate surface area is 129 Å². The molecule has 4 fully saturated rings. The molecule has 4 bridgehead atoms. The van der Waals surface area contributed by atoms with E-state index in [4.69, 9.17) is 0 Å². The third-order valence-corrected chi connectivity index (χ3v) is 6.63. The molecule has 0 saturated heterocycles. The summed E-state index contributed by atoms with van der Waals surface area (Å²) in [5.74, 6) is 3.19. The molecule has 4 saturated carbocycles. The van der Waals surface area contributed by atoms with E-state index in [1.807, 2.05) is 0 Å². The SMILES string of the molecule is CNC(CC12CC3CC(CC(C3)C1)C2)c1ccc(C)cc1. The van der Waals surface area contributed by atoms with E-state index in [-0.39, 0.29) is 0 Å². The highest BCUT2D eigenvalue weighted by atomic mass is 14.9. The molecule has 21 heavy (non-hydrogen) atoms. The lowest BCUT2D eigenvalue weighted by Crippen LogP contribution is -2.47. The summed E-state index contributed by atoms with van der Waals surface area (Å²) in [6.45, 7) is 2.18. The molecule has 0 aliphatic heterocycles. The van der Waals surface area contributed by atoms with E-state index in [0.717, 1.165) is 17.8 Å². The lowest BCUT2D eigenvalue weighted by atomic mass is 9.48. The molecule has 0 aromatic heterocycles. The van der Waals surface area contributed by atoms with Crippen LogP contribution in [0.2, 0.25) is 0 Å². The first kappa shape index (κ1) is 13.8. The fourth-order valence-electron chi connectivity index (χ4n) is 6.16. The molecule has 0 amide bonds. The highest BCUT2D eigenvalue weighted by molar-refractivity contribution is 5.24. The number of nitrogens with one attached hydrogen (secondary N) is 1. The first-order chi connectivity index (χ1) is 10.2. The first-order valence-electron chi connectivity index (χ1n) is 8.90. The van der Waals surface area contributed by atoms with E-state index < -0.39 is 0 Å². The Bertz CT molecular complexity index is 466. The van der Waals surface area contributed by atoms with Gasteiger partial charge in [0.15, 0.2) is 0 Å². The van der Waals surface area contributed by atoms with Gasteiger partial charge < -0.3 is 5.32 Å². The lowest BCUT2D eigenvalue weighted by molar-refractivity contribution is -0.0619. The second-order valence-corrected chi connectivity index (χ2v) is 8.37. The highest BCUT2D eigenvalue weighted by Crippen LogP contribution is 2.62. The number of hydrogen-bond acceptors (Lipinski definition) is 1. The molecule has 114 valence electrons. The fraction of sp³-hybridized carbons (Fsp3) is 0.700. The van der Waals surface area contributed by atoms with Crippen LogP contribution in [0, 0.1) is 30.1 Å². The van der Waals surface area contributed by atoms with E-state index in [9.17, 15) is 0 Å². The van der Waals surface area contributed by atoms with Crippen molar-refractivity contribution in [1.29, 1.82) is 0 Å². The van der Waals surface area contributed by atoms with E-state index in [1.165, 1.54) is 36.8 Å². The Morgan fingerprint density at radius 3 is 2.00 bits per heavy atom. The van der Waals surface area contributed by atoms with Crippen LogP contribution < -0.4 is 5.32 Å². The average Bonchev–Trinajstić information content (AvgIpc) is 2.44. The van der Waals surface area contributed by atoms with E-state index in [0.29, 0.717) is 11.5 Å². The normalized spacial score (nSPS) is 38.7. The van der Waals surface area contributed by atoms with E-state index in [1.54, 1.807) is 19.3 Å². The first-order valence-corrected chi connectivity index (χ1v) is 8.90. The molecule has 0 heterocycles. The van der Waals surface area contributed by atoms with Crippen molar-refractivity contribution in [2.24, 2.45) is 23.2 Å². The Balaban J connectivity index is 1.55. The van der Waals surface area contributed by atoms with Crippen LogP contribution in [0.25, 0.3) is 0 Å². The van der Waals surface area contributed by atoms with Gasteiger partial charge in [-0.15, -0.1) is 0 Å². The summed E-state index contributed by atoms with van der Waals surface area (Å²) in [4.78, 5) is 0. The van der Waals surface area contributed by atoms with Gasteiger partial charge in [0.1, 0.15) is 0 Å².